The maximum Gasteiger partial charge on any atom is 0.143 e. The van der Waals surface area contributed by atoms with Crippen LogP contribution in [-0.2, 0) is 0 Å². The Morgan fingerprint density at radius 3 is 3.00 bits per heavy atom. The number of pyridine rings is 2. The summed E-state index contributed by atoms with van der Waals surface area (Å²) in [5.41, 5.74) is 1.84. The fourth-order valence-corrected chi connectivity index (χ4v) is 3.18. The van der Waals surface area contributed by atoms with E-state index in [0.717, 1.165) is 19.5 Å². The number of anilines is 1. The van der Waals surface area contributed by atoms with Gasteiger partial charge in [-0.05, 0) is 49.7 Å². The largest absolute Gasteiger partial charge is 0.369 e. The molecular formula is C17H19N5. The summed E-state index contributed by atoms with van der Waals surface area (Å²) >= 11 is 0. The van der Waals surface area contributed by atoms with E-state index in [0.29, 0.717) is 23.3 Å². The SMILES string of the molecule is CN1CC[C@@H](CNc2ncccc2C#N)[C@@H]1c1cccnc1. The molecule has 5 heteroatoms. The molecule has 0 aliphatic carbocycles. The Kier molecular flexibility index (Phi) is 4.31. The molecule has 22 heavy (non-hydrogen) atoms. The molecule has 1 aliphatic rings. The topological polar surface area (TPSA) is 64.8 Å². The first kappa shape index (κ1) is 14.5. The number of nitriles is 1. The molecule has 1 N–H and O–H groups in total. The van der Waals surface area contributed by atoms with Crippen molar-refractivity contribution >= 4 is 5.82 Å². The van der Waals surface area contributed by atoms with E-state index in [1.54, 1.807) is 24.5 Å². The number of hydrogen-bond acceptors (Lipinski definition) is 5. The van der Waals surface area contributed by atoms with Crippen LogP contribution in [0.2, 0.25) is 0 Å². The summed E-state index contributed by atoms with van der Waals surface area (Å²) in [5.74, 6) is 1.15. The molecule has 3 rings (SSSR count). The van der Waals surface area contributed by atoms with Crippen LogP contribution in [0.3, 0.4) is 0 Å². The Morgan fingerprint density at radius 2 is 2.23 bits per heavy atom. The highest BCUT2D eigenvalue weighted by molar-refractivity contribution is 5.51. The zero-order chi connectivity index (χ0) is 15.4. The Labute approximate surface area is 130 Å². The van der Waals surface area contributed by atoms with E-state index in [2.05, 4.69) is 39.4 Å². The molecule has 0 unspecified atom stereocenters. The van der Waals surface area contributed by atoms with Crippen molar-refractivity contribution in [1.82, 2.24) is 14.9 Å². The van der Waals surface area contributed by atoms with Crippen molar-refractivity contribution in [2.45, 2.75) is 12.5 Å². The molecular weight excluding hydrogens is 274 g/mol. The van der Waals surface area contributed by atoms with Gasteiger partial charge < -0.3 is 5.32 Å². The first-order valence-electron chi connectivity index (χ1n) is 7.48. The van der Waals surface area contributed by atoms with Gasteiger partial charge in [-0.3, -0.25) is 9.88 Å². The van der Waals surface area contributed by atoms with Crippen molar-refractivity contribution < 1.29 is 0 Å². The van der Waals surface area contributed by atoms with Crippen LogP contribution in [-0.4, -0.2) is 35.0 Å². The summed E-state index contributed by atoms with van der Waals surface area (Å²) in [6.07, 6.45) is 6.58. The van der Waals surface area contributed by atoms with E-state index in [-0.39, 0.29) is 0 Å². The van der Waals surface area contributed by atoms with E-state index in [1.807, 2.05) is 12.3 Å². The molecule has 0 amide bonds. The lowest BCUT2D eigenvalue weighted by molar-refractivity contribution is 0.281. The van der Waals surface area contributed by atoms with E-state index >= 15 is 0 Å². The minimum Gasteiger partial charge on any atom is -0.369 e. The number of hydrogen-bond donors (Lipinski definition) is 1. The Hall–Kier alpha value is -2.45. The van der Waals surface area contributed by atoms with Crippen LogP contribution in [0.1, 0.15) is 23.6 Å². The molecule has 0 radical (unpaired) electrons. The predicted molar refractivity (Wildman–Crippen MR) is 85.2 cm³/mol. The molecule has 1 aliphatic heterocycles. The molecule has 0 aromatic carbocycles. The maximum absolute atomic E-state index is 9.14. The summed E-state index contributed by atoms with van der Waals surface area (Å²) < 4.78 is 0. The van der Waals surface area contributed by atoms with Crippen molar-refractivity contribution in [3.8, 4) is 6.07 Å². The second-order valence-electron chi connectivity index (χ2n) is 5.65. The smallest absolute Gasteiger partial charge is 0.143 e. The highest BCUT2D eigenvalue weighted by Gasteiger charge is 2.32. The van der Waals surface area contributed by atoms with Crippen LogP contribution in [0.5, 0.6) is 0 Å². The fourth-order valence-electron chi connectivity index (χ4n) is 3.18. The minimum absolute atomic E-state index is 0.357. The molecule has 2 atom stereocenters. The van der Waals surface area contributed by atoms with Gasteiger partial charge in [0.15, 0.2) is 0 Å². The lowest BCUT2D eigenvalue weighted by Crippen LogP contribution is -2.25. The van der Waals surface area contributed by atoms with Crippen LogP contribution in [0, 0.1) is 17.2 Å². The number of rotatable bonds is 4. The summed E-state index contributed by atoms with van der Waals surface area (Å²) in [7, 11) is 2.15. The van der Waals surface area contributed by atoms with Gasteiger partial charge >= 0.3 is 0 Å². The van der Waals surface area contributed by atoms with Crippen molar-refractivity contribution in [3.63, 3.8) is 0 Å². The second-order valence-corrected chi connectivity index (χ2v) is 5.65. The third kappa shape index (κ3) is 2.92. The number of nitrogens with zero attached hydrogens (tertiary/aromatic N) is 4. The van der Waals surface area contributed by atoms with Crippen LogP contribution < -0.4 is 5.32 Å². The summed E-state index contributed by atoms with van der Waals surface area (Å²) in [6, 6.07) is 10.2. The summed E-state index contributed by atoms with van der Waals surface area (Å²) in [4.78, 5) is 10.9. The van der Waals surface area contributed by atoms with Gasteiger partial charge in [-0.25, -0.2) is 4.98 Å². The lowest BCUT2D eigenvalue weighted by atomic mass is 9.95. The van der Waals surface area contributed by atoms with Gasteiger partial charge in [0.2, 0.25) is 0 Å². The van der Waals surface area contributed by atoms with E-state index in [1.165, 1.54) is 5.56 Å². The number of aromatic nitrogens is 2. The van der Waals surface area contributed by atoms with Crippen molar-refractivity contribution in [2.24, 2.45) is 5.92 Å². The standard InChI is InChI=1S/C17H19N5/c1-22-9-6-15(16(22)14-5-2-7-19-11-14)12-21-17-13(10-18)4-3-8-20-17/h2-5,7-8,11,15-16H,6,9,12H2,1H3,(H,20,21)/t15-,16-/m0/s1. The van der Waals surface area contributed by atoms with Gasteiger partial charge in [0.25, 0.3) is 0 Å². The molecule has 112 valence electrons. The highest BCUT2D eigenvalue weighted by Crippen LogP contribution is 2.35. The maximum atomic E-state index is 9.14. The van der Waals surface area contributed by atoms with Gasteiger partial charge in [0, 0.05) is 31.2 Å². The van der Waals surface area contributed by atoms with Gasteiger partial charge in [-0.1, -0.05) is 6.07 Å². The van der Waals surface area contributed by atoms with E-state index in [9.17, 15) is 0 Å². The molecule has 0 spiro atoms. The highest BCUT2D eigenvalue weighted by atomic mass is 15.2. The molecule has 3 heterocycles. The summed E-state index contributed by atoms with van der Waals surface area (Å²) in [6.45, 7) is 1.87. The predicted octanol–water partition coefficient (Wildman–Crippen LogP) is 2.45. The van der Waals surface area contributed by atoms with E-state index in [4.69, 9.17) is 5.26 Å². The third-order valence-electron chi connectivity index (χ3n) is 4.26. The third-order valence-corrected chi connectivity index (χ3v) is 4.26. The zero-order valence-corrected chi connectivity index (χ0v) is 12.6. The van der Waals surface area contributed by atoms with Crippen LogP contribution >= 0.6 is 0 Å². The van der Waals surface area contributed by atoms with Crippen molar-refractivity contribution in [1.29, 1.82) is 5.26 Å². The van der Waals surface area contributed by atoms with Crippen molar-refractivity contribution in [2.75, 3.05) is 25.5 Å². The number of likely N-dealkylation sites (tertiary alicyclic amines) is 1. The zero-order valence-electron chi connectivity index (χ0n) is 12.6. The van der Waals surface area contributed by atoms with Gasteiger partial charge in [0.1, 0.15) is 11.9 Å². The average Bonchev–Trinajstić information content (AvgIpc) is 2.94. The molecule has 5 nitrogen and oxygen atoms in total. The quantitative estimate of drug-likeness (QED) is 0.938. The second kappa shape index (κ2) is 6.54. The Morgan fingerprint density at radius 1 is 1.36 bits per heavy atom. The Balaban J connectivity index is 1.73. The molecule has 0 saturated carbocycles. The molecule has 2 aromatic rings. The summed E-state index contributed by atoms with van der Waals surface area (Å²) in [5, 5.41) is 12.5. The van der Waals surface area contributed by atoms with Gasteiger partial charge in [0.05, 0.1) is 5.56 Å². The normalized spacial score (nSPS) is 21.5. The lowest BCUT2D eigenvalue weighted by Gasteiger charge is -2.25. The average molecular weight is 293 g/mol. The van der Waals surface area contributed by atoms with Gasteiger partial charge in [-0.15, -0.1) is 0 Å². The Bertz CT molecular complexity index is 664. The first-order valence-corrected chi connectivity index (χ1v) is 7.48. The van der Waals surface area contributed by atoms with Crippen LogP contribution in [0.4, 0.5) is 5.82 Å². The molecule has 1 saturated heterocycles. The molecule has 2 aromatic heterocycles. The molecule has 0 bridgehead atoms. The monoisotopic (exact) mass is 293 g/mol. The van der Waals surface area contributed by atoms with Crippen LogP contribution in [0.15, 0.2) is 42.9 Å². The van der Waals surface area contributed by atoms with Crippen molar-refractivity contribution in [3.05, 3.63) is 54.0 Å². The van der Waals surface area contributed by atoms with E-state index < -0.39 is 0 Å². The minimum atomic E-state index is 0.357. The molecule has 1 fully saturated rings. The van der Waals surface area contributed by atoms with Crippen LogP contribution in [0.25, 0.3) is 0 Å². The van der Waals surface area contributed by atoms with Gasteiger partial charge in [-0.2, -0.15) is 5.26 Å². The number of nitrogens with one attached hydrogen (secondary N) is 1. The fraction of sp³-hybridized carbons (Fsp3) is 0.353. The first-order chi connectivity index (χ1) is 10.8.